The maximum atomic E-state index is 10.3. The first kappa shape index (κ1) is 20.7. The van der Waals surface area contributed by atoms with E-state index < -0.39 is 22.7 Å². The summed E-state index contributed by atoms with van der Waals surface area (Å²) in [6, 6.07) is 7.91. The molecule has 2 N–H and O–H groups in total. The fourth-order valence-corrected chi connectivity index (χ4v) is 4.52. The number of nitrogens with zero attached hydrogens (tertiary/aromatic N) is 3. The van der Waals surface area contributed by atoms with Crippen LogP contribution >= 0.6 is 0 Å². The molecule has 3 rings (SSSR count). The van der Waals surface area contributed by atoms with Crippen molar-refractivity contribution in [1.82, 2.24) is 0 Å². The van der Waals surface area contributed by atoms with Gasteiger partial charge in [0.05, 0.1) is 33.5 Å². The predicted molar refractivity (Wildman–Crippen MR) is 103 cm³/mol. The summed E-state index contributed by atoms with van der Waals surface area (Å²) in [5, 5.41) is 20.4. The summed E-state index contributed by atoms with van der Waals surface area (Å²) in [4.78, 5) is 4.33. The van der Waals surface area contributed by atoms with Crippen LogP contribution in [-0.2, 0) is 9.47 Å². The van der Waals surface area contributed by atoms with E-state index in [1.807, 2.05) is 0 Å². The van der Waals surface area contributed by atoms with Gasteiger partial charge in [-0.25, -0.2) is 4.99 Å². The van der Waals surface area contributed by atoms with Gasteiger partial charge in [0, 0.05) is 19.1 Å². The number of aliphatic imine (C=N–C) groups is 1. The standard InChI is InChI=1S/C20H24N4O5/c1-6-28-20(29-7-2)19(11-22)16(18(19,10-21)17(23)24-20)12-8-13(25-3)15(27-5)14(9-12)26-4/h8-9,16H,6-7H2,1-5H3,(H2,23,24)/t16-,18+,19-/m1/s1. The van der Waals surface area contributed by atoms with Crippen LogP contribution in [0.3, 0.4) is 0 Å². The molecule has 0 unspecified atom stereocenters. The van der Waals surface area contributed by atoms with E-state index in [2.05, 4.69) is 17.1 Å². The lowest BCUT2D eigenvalue weighted by Gasteiger charge is -2.31. The van der Waals surface area contributed by atoms with Crippen LogP contribution < -0.4 is 19.9 Å². The van der Waals surface area contributed by atoms with Crippen molar-refractivity contribution in [1.29, 1.82) is 10.5 Å². The van der Waals surface area contributed by atoms with Gasteiger partial charge in [0.25, 0.3) is 5.91 Å². The SMILES string of the molecule is CCOC1(OCC)N=C(N)[C@]2(C#N)[C@@H](c3cc(OC)c(OC)c(OC)c3)[C@@]12C#N. The molecule has 1 aromatic carbocycles. The second kappa shape index (κ2) is 7.11. The molecule has 0 saturated heterocycles. The maximum Gasteiger partial charge on any atom is 0.293 e. The Morgan fingerprint density at radius 2 is 1.55 bits per heavy atom. The van der Waals surface area contributed by atoms with Crippen LogP contribution in [0.2, 0.25) is 0 Å². The largest absolute Gasteiger partial charge is 0.493 e. The zero-order chi connectivity index (χ0) is 21.4. The third-order valence-electron chi connectivity index (χ3n) is 5.63. The maximum absolute atomic E-state index is 10.3. The molecule has 0 bridgehead atoms. The summed E-state index contributed by atoms with van der Waals surface area (Å²) < 4.78 is 27.9. The number of methoxy groups -OCH3 is 3. The van der Waals surface area contributed by atoms with Gasteiger partial charge >= 0.3 is 0 Å². The van der Waals surface area contributed by atoms with Gasteiger partial charge in [0.1, 0.15) is 11.3 Å². The lowest BCUT2D eigenvalue weighted by molar-refractivity contribution is -0.255. The summed E-state index contributed by atoms with van der Waals surface area (Å²) in [6.07, 6.45) is 0. The van der Waals surface area contributed by atoms with E-state index in [9.17, 15) is 10.5 Å². The second-order valence-electron chi connectivity index (χ2n) is 6.68. The normalized spacial score (nSPS) is 28.5. The van der Waals surface area contributed by atoms with Crippen LogP contribution in [0.25, 0.3) is 0 Å². The average molecular weight is 400 g/mol. The number of fused-ring (bicyclic) bond motifs is 1. The van der Waals surface area contributed by atoms with Crippen molar-refractivity contribution in [3.05, 3.63) is 17.7 Å². The minimum Gasteiger partial charge on any atom is -0.493 e. The second-order valence-corrected chi connectivity index (χ2v) is 6.68. The molecular formula is C20H24N4O5. The monoisotopic (exact) mass is 400 g/mol. The summed E-state index contributed by atoms with van der Waals surface area (Å²) >= 11 is 0. The molecule has 1 aromatic rings. The van der Waals surface area contributed by atoms with Crippen molar-refractivity contribution in [3.63, 3.8) is 0 Å². The molecular weight excluding hydrogens is 376 g/mol. The predicted octanol–water partition coefficient (Wildman–Crippen LogP) is 1.93. The average Bonchev–Trinajstić information content (AvgIpc) is 3.31. The number of ether oxygens (including phenoxy) is 5. The minimum absolute atomic E-state index is 0.0159. The van der Waals surface area contributed by atoms with E-state index in [0.717, 1.165) is 0 Å². The molecule has 1 aliphatic carbocycles. The molecule has 29 heavy (non-hydrogen) atoms. The summed E-state index contributed by atoms with van der Waals surface area (Å²) in [7, 11) is 4.49. The Hall–Kier alpha value is -3.01. The molecule has 0 spiro atoms. The van der Waals surface area contributed by atoms with Crippen molar-refractivity contribution >= 4 is 5.84 Å². The van der Waals surface area contributed by atoms with Gasteiger partial charge in [-0.05, 0) is 31.5 Å². The van der Waals surface area contributed by atoms with Gasteiger partial charge in [-0.1, -0.05) is 0 Å². The Balaban J connectivity index is 2.26. The van der Waals surface area contributed by atoms with Gasteiger partial charge in [0.2, 0.25) is 5.75 Å². The Morgan fingerprint density at radius 1 is 1.00 bits per heavy atom. The number of hydrogen-bond acceptors (Lipinski definition) is 9. The summed E-state index contributed by atoms with van der Waals surface area (Å²) in [5.41, 5.74) is 3.99. The van der Waals surface area contributed by atoms with Gasteiger partial charge in [-0.3, -0.25) is 0 Å². The van der Waals surface area contributed by atoms with E-state index >= 15 is 0 Å². The molecule has 0 amide bonds. The van der Waals surface area contributed by atoms with Crippen LogP contribution in [0.4, 0.5) is 0 Å². The fourth-order valence-electron chi connectivity index (χ4n) is 4.52. The van der Waals surface area contributed by atoms with E-state index in [1.54, 1.807) is 26.0 Å². The Bertz CT molecular complexity index is 903. The Kier molecular flexibility index (Phi) is 5.08. The number of amidine groups is 1. The van der Waals surface area contributed by atoms with Gasteiger partial charge in [0.15, 0.2) is 16.9 Å². The van der Waals surface area contributed by atoms with Crippen LogP contribution in [0.5, 0.6) is 17.2 Å². The van der Waals surface area contributed by atoms with Crippen molar-refractivity contribution in [2.75, 3.05) is 34.5 Å². The summed E-state index contributed by atoms with van der Waals surface area (Å²) in [6.45, 7) is 3.98. The molecule has 1 fully saturated rings. The molecule has 154 valence electrons. The number of hydrogen-bond donors (Lipinski definition) is 1. The smallest absolute Gasteiger partial charge is 0.293 e. The molecule has 9 nitrogen and oxygen atoms in total. The molecule has 1 aliphatic heterocycles. The molecule has 0 radical (unpaired) electrons. The van der Waals surface area contributed by atoms with Gasteiger partial charge in [-0.2, -0.15) is 10.5 Å². The number of rotatable bonds is 8. The molecule has 3 atom stereocenters. The molecule has 9 heteroatoms. The minimum atomic E-state index is -1.67. The molecule has 1 saturated carbocycles. The quantitative estimate of drug-likeness (QED) is 0.655. The topological polar surface area (TPSA) is 132 Å². The third kappa shape index (κ3) is 2.29. The van der Waals surface area contributed by atoms with Crippen molar-refractivity contribution in [3.8, 4) is 29.4 Å². The van der Waals surface area contributed by atoms with E-state index in [1.165, 1.54) is 21.3 Å². The Labute approximate surface area is 169 Å². The highest BCUT2D eigenvalue weighted by Gasteiger charge is 2.93. The van der Waals surface area contributed by atoms with Crippen molar-refractivity contribution in [2.45, 2.75) is 25.7 Å². The van der Waals surface area contributed by atoms with Crippen molar-refractivity contribution < 1.29 is 23.7 Å². The van der Waals surface area contributed by atoms with Crippen molar-refractivity contribution in [2.24, 2.45) is 21.6 Å². The van der Waals surface area contributed by atoms with E-state index in [-0.39, 0.29) is 19.0 Å². The highest BCUT2D eigenvalue weighted by Crippen LogP contribution is 2.82. The zero-order valence-corrected chi connectivity index (χ0v) is 17.1. The van der Waals surface area contributed by atoms with E-state index in [0.29, 0.717) is 22.8 Å². The van der Waals surface area contributed by atoms with Crippen LogP contribution in [-0.4, -0.2) is 46.3 Å². The van der Waals surface area contributed by atoms with Crippen LogP contribution in [0.15, 0.2) is 17.1 Å². The highest BCUT2D eigenvalue weighted by atomic mass is 16.7. The van der Waals surface area contributed by atoms with Gasteiger partial charge < -0.3 is 29.4 Å². The number of nitrogens with two attached hydrogens (primary N) is 1. The highest BCUT2D eigenvalue weighted by molar-refractivity contribution is 6.00. The van der Waals surface area contributed by atoms with E-state index in [4.69, 9.17) is 29.4 Å². The fraction of sp³-hybridized carbons (Fsp3) is 0.550. The third-order valence-corrected chi connectivity index (χ3v) is 5.63. The van der Waals surface area contributed by atoms with Crippen LogP contribution in [0.1, 0.15) is 25.3 Å². The number of benzene rings is 1. The molecule has 0 aromatic heterocycles. The number of nitriles is 2. The first-order valence-corrected chi connectivity index (χ1v) is 9.19. The zero-order valence-electron chi connectivity index (χ0n) is 17.1. The lowest BCUT2D eigenvalue weighted by atomic mass is 9.93. The van der Waals surface area contributed by atoms with Crippen LogP contribution in [0, 0.1) is 33.5 Å². The molecule has 1 heterocycles. The summed E-state index contributed by atoms with van der Waals surface area (Å²) in [5.74, 6) is -1.10. The first-order chi connectivity index (χ1) is 13.9. The Morgan fingerprint density at radius 3 is 1.93 bits per heavy atom. The van der Waals surface area contributed by atoms with Gasteiger partial charge in [-0.15, -0.1) is 0 Å². The first-order valence-electron chi connectivity index (χ1n) is 9.19. The lowest BCUT2D eigenvalue weighted by Crippen LogP contribution is -2.43. The molecule has 2 aliphatic rings.